The standard InChI is InChI=1S/C9H21NO/c1-3-4-5-8(2)9(10)6-7-11/h8-9,11H,3-7,10H2,1-2H3/t8?,9-/m1/s1. The van der Waals surface area contributed by atoms with Crippen LogP contribution < -0.4 is 5.73 Å². The molecule has 0 radical (unpaired) electrons. The highest BCUT2D eigenvalue weighted by atomic mass is 16.3. The predicted molar refractivity (Wildman–Crippen MR) is 48.4 cm³/mol. The zero-order valence-electron chi connectivity index (χ0n) is 7.71. The van der Waals surface area contributed by atoms with Crippen LogP contribution in [0.2, 0.25) is 0 Å². The van der Waals surface area contributed by atoms with Crippen molar-refractivity contribution in [2.75, 3.05) is 6.61 Å². The Labute approximate surface area is 69.8 Å². The number of nitrogens with two attached hydrogens (primary N) is 1. The molecule has 0 heterocycles. The predicted octanol–water partition coefficient (Wildman–Crippen LogP) is 1.52. The van der Waals surface area contributed by atoms with Crippen molar-refractivity contribution >= 4 is 0 Å². The van der Waals surface area contributed by atoms with Crippen LogP contribution >= 0.6 is 0 Å². The van der Waals surface area contributed by atoms with Gasteiger partial charge in [-0.25, -0.2) is 0 Å². The molecule has 2 nitrogen and oxygen atoms in total. The highest BCUT2D eigenvalue weighted by Crippen LogP contribution is 2.12. The van der Waals surface area contributed by atoms with Gasteiger partial charge in [0.2, 0.25) is 0 Å². The zero-order chi connectivity index (χ0) is 8.69. The van der Waals surface area contributed by atoms with Gasteiger partial charge in [-0.15, -0.1) is 0 Å². The summed E-state index contributed by atoms with van der Waals surface area (Å²) in [4.78, 5) is 0. The third-order valence-corrected chi connectivity index (χ3v) is 2.21. The van der Waals surface area contributed by atoms with Crippen molar-refractivity contribution in [1.82, 2.24) is 0 Å². The van der Waals surface area contributed by atoms with E-state index in [0.29, 0.717) is 5.92 Å². The molecule has 2 atom stereocenters. The van der Waals surface area contributed by atoms with E-state index in [4.69, 9.17) is 10.8 Å². The average Bonchev–Trinajstić information content (AvgIpc) is 2.00. The second kappa shape index (κ2) is 6.62. The third kappa shape index (κ3) is 5.22. The molecule has 0 rings (SSSR count). The molecule has 0 aliphatic carbocycles. The molecule has 0 saturated heterocycles. The Kier molecular flexibility index (Phi) is 6.57. The van der Waals surface area contributed by atoms with Gasteiger partial charge in [0.1, 0.15) is 0 Å². The lowest BCUT2D eigenvalue weighted by atomic mass is 9.95. The summed E-state index contributed by atoms with van der Waals surface area (Å²) in [7, 11) is 0. The molecule has 0 aliphatic rings. The molecule has 3 N–H and O–H groups in total. The van der Waals surface area contributed by atoms with Gasteiger partial charge in [-0.3, -0.25) is 0 Å². The fraction of sp³-hybridized carbons (Fsp3) is 1.00. The Morgan fingerprint density at radius 3 is 2.45 bits per heavy atom. The number of rotatable bonds is 6. The van der Waals surface area contributed by atoms with E-state index in [9.17, 15) is 0 Å². The second-order valence-corrected chi connectivity index (χ2v) is 3.30. The molecule has 0 aromatic heterocycles. The van der Waals surface area contributed by atoms with Crippen LogP contribution in [0.15, 0.2) is 0 Å². The van der Waals surface area contributed by atoms with Crippen LogP contribution in [0.3, 0.4) is 0 Å². The van der Waals surface area contributed by atoms with E-state index in [1.54, 1.807) is 0 Å². The molecule has 0 spiro atoms. The lowest BCUT2D eigenvalue weighted by molar-refractivity contribution is 0.254. The highest BCUT2D eigenvalue weighted by Gasteiger charge is 2.10. The zero-order valence-corrected chi connectivity index (χ0v) is 7.71. The maximum atomic E-state index is 8.63. The third-order valence-electron chi connectivity index (χ3n) is 2.21. The second-order valence-electron chi connectivity index (χ2n) is 3.30. The van der Waals surface area contributed by atoms with Crippen LogP contribution in [0, 0.1) is 5.92 Å². The van der Waals surface area contributed by atoms with Crippen molar-refractivity contribution in [3.8, 4) is 0 Å². The van der Waals surface area contributed by atoms with E-state index in [0.717, 1.165) is 6.42 Å². The van der Waals surface area contributed by atoms with E-state index in [-0.39, 0.29) is 12.6 Å². The topological polar surface area (TPSA) is 46.2 Å². The molecular formula is C9H21NO. The summed E-state index contributed by atoms with van der Waals surface area (Å²) in [5.74, 6) is 0.558. The molecule has 68 valence electrons. The van der Waals surface area contributed by atoms with Gasteiger partial charge in [0.15, 0.2) is 0 Å². The molecular weight excluding hydrogens is 138 g/mol. The van der Waals surface area contributed by atoms with Gasteiger partial charge in [0, 0.05) is 12.6 Å². The Hall–Kier alpha value is -0.0800. The molecule has 0 aromatic carbocycles. The summed E-state index contributed by atoms with van der Waals surface area (Å²) in [6.45, 7) is 4.57. The number of hydrogen-bond acceptors (Lipinski definition) is 2. The minimum absolute atomic E-state index is 0.187. The van der Waals surface area contributed by atoms with Gasteiger partial charge < -0.3 is 10.8 Å². The van der Waals surface area contributed by atoms with E-state index in [1.165, 1.54) is 19.3 Å². The number of aliphatic hydroxyl groups excluding tert-OH is 1. The van der Waals surface area contributed by atoms with Crippen molar-refractivity contribution in [1.29, 1.82) is 0 Å². The summed E-state index contributed by atoms with van der Waals surface area (Å²) in [6.07, 6.45) is 4.42. The SMILES string of the molecule is CCCCC(C)[C@H](N)CCO. The Morgan fingerprint density at radius 1 is 1.36 bits per heavy atom. The maximum Gasteiger partial charge on any atom is 0.0445 e. The van der Waals surface area contributed by atoms with Crippen molar-refractivity contribution in [3.05, 3.63) is 0 Å². The van der Waals surface area contributed by atoms with E-state index in [1.807, 2.05) is 0 Å². The van der Waals surface area contributed by atoms with E-state index in [2.05, 4.69) is 13.8 Å². The average molecular weight is 159 g/mol. The molecule has 0 fully saturated rings. The van der Waals surface area contributed by atoms with Gasteiger partial charge in [-0.1, -0.05) is 26.7 Å². The minimum Gasteiger partial charge on any atom is -0.396 e. The smallest absolute Gasteiger partial charge is 0.0445 e. The molecule has 0 aliphatic heterocycles. The molecule has 2 heteroatoms. The van der Waals surface area contributed by atoms with Crippen LogP contribution in [-0.4, -0.2) is 17.8 Å². The largest absolute Gasteiger partial charge is 0.396 e. The monoisotopic (exact) mass is 159 g/mol. The molecule has 0 saturated carbocycles. The fourth-order valence-electron chi connectivity index (χ4n) is 1.17. The lowest BCUT2D eigenvalue weighted by Crippen LogP contribution is -2.29. The Balaban J connectivity index is 3.38. The maximum absolute atomic E-state index is 8.63. The lowest BCUT2D eigenvalue weighted by Gasteiger charge is -2.18. The van der Waals surface area contributed by atoms with Gasteiger partial charge in [0.05, 0.1) is 0 Å². The highest BCUT2D eigenvalue weighted by molar-refractivity contribution is 4.68. The van der Waals surface area contributed by atoms with Gasteiger partial charge in [-0.2, -0.15) is 0 Å². The number of hydrogen-bond donors (Lipinski definition) is 2. The van der Waals surface area contributed by atoms with Crippen LogP contribution in [0.5, 0.6) is 0 Å². The Morgan fingerprint density at radius 2 is 2.00 bits per heavy atom. The first kappa shape index (κ1) is 10.9. The number of aliphatic hydroxyl groups is 1. The van der Waals surface area contributed by atoms with E-state index < -0.39 is 0 Å². The van der Waals surface area contributed by atoms with Crippen LogP contribution in [0.1, 0.15) is 39.5 Å². The first-order chi connectivity index (χ1) is 5.22. The van der Waals surface area contributed by atoms with E-state index >= 15 is 0 Å². The quantitative estimate of drug-likeness (QED) is 0.617. The minimum atomic E-state index is 0.187. The summed E-state index contributed by atoms with van der Waals surface area (Å²) in [5.41, 5.74) is 5.81. The molecule has 0 amide bonds. The van der Waals surface area contributed by atoms with Crippen molar-refractivity contribution in [2.24, 2.45) is 11.7 Å². The summed E-state index contributed by atoms with van der Waals surface area (Å²) < 4.78 is 0. The molecule has 11 heavy (non-hydrogen) atoms. The molecule has 0 bridgehead atoms. The first-order valence-corrected chi connectivity index (χ1v) is 4.58. The fourth-order valence-corrected chi connectivity index (χ4v) is 1.17. The summed E-state index contributed by atoms with van der Waals surface area (Å²) in [5, 5.41) is 8.63. The Bertz CT molecular complexity index is 85.6. The van der Waals surface area contributed by atoms with Gasteiger partial charge in [-0.05, 0) is 18.8 Å². The summed E-state index contributed by atoms with van der Waals surface area (Å²) in [6, 6.07) is 0.187. The first-order valence-electron chi connectivity index (χ1n) is 4.58. The van der Waals surface area contributed by atoms with Crippen LogP contribution in [0.25, 0.3) is 0 Å². The normalized spacial score (nSPS) is 16.4. The number of unbranched alkanes of at least 4 members (excludes halogenated alkanes) is 1. The summed E-state index contributed by atoms with van der Waals surface area (Å²) >= 11 is 0. The molecule has 0 aromatic rings. The molecule has 1 unspecified atom stereocenters. The van der Waals surface area contributed by atoms with Gasteiger partial charge >= 0.3 is 0 Å². The van der Waals surface area contributed by atoms with Crippen LogP contribution in [-0.2, 0) is 0 Å². The van der Waals surface area contributed by atoms with Gasteiger partial charge in [0.25, 0.3) is 0 Å². The van der Waals surface area contributed by atoms with Crippen molar-refractivity contribution in [3.63, 3.8) is 0 Å². The van der Waals surface area contributed by atoms with Crippen molar-refractivity contribution in [2.45, 2.75) is 45.6 Å². The van der Waals surface area contributed by atoms with Crippen LogP contribution in [0.4, 0.5) is 0 Å². The van der Waals surface area contributed by atoms with Crippen molar-refractivity contribution < 1.29 is 5.11 Å².